The van der Waals surface area contributed by atoms with Crippen molar-refractivity contribution in [1.29, 1.82) is 0 Å². The summed E-state index contributed by atoms with van der Waals surface area (Å²) in [4.78, 5) is 32.3. The Morgan fingerprint density at radius 1 is 1.21 bits per heavy atom. The maximum absolute atomic E-state index is 13.0. The Kier molecular flexibility index (Phi) is 8.73. The highest BCUT2D eigenvalue weighted by Gasteiger charge is 2.32. The van der Waals surface area contributed by atoms with E-state index in [1.54, 1.807) is 6.20 Å². The van der Waals surface area contributed by atoms with Gasteiger partial charge in [0.2, 0.25) is 5.91 Å². The molecule has 1 aliphatic heterocycles. The molecule has 33 heavy (non-hydrogen) atoms. The first kappa shape index (κ1) is 24.1. The molecule has 1 aliphatic carbocycles. The van der Waals surface area contributed by atoms with Crippen molar-refractivity contribution < 1.29 is 14.3 Å². The van der Waals surface area contributed by atoms with Gasteiger partial charge in [-0.3, -0.25) is 14.6 Å². The molecule has 0 bridgehead atoms. The van der Waals surface area contributed by atoms with E-state index in [4.69, 9.17) is 4.74 Å². The van der Waals surface area contributed by atoms with Gasteiger partial charge in [0.25, 0.3) is 5.91 Å². The number of likely N-dealkylation sites (tertiary alicyclic amines) is 1. The van der Waals surface area contributed by atoms with Crippen LogP contribution in [0.2, 0.25) is 0 Å². The van der Waals surface area contributed by atoms with Crippen LogP contribution in [0.4, 0.5) is 0 Å². The summed E-state index contributed by atoms with van der Waals surface area (Å²) < 4.78 is 6.83. The Bertz CT molecular complexity index is 887. The van der Waals surface area contributed by atoms with Gasteiger partial charge >= 0.3 is 0 Å². The Morgan fingerprint density at radius 3 is 2.85 bits per heavy atom. The second-order valence-corrected chi connectivity index (χ2v) is 10.6. The number of carbonyl (C=O) groups excluding carboxylic acids is 2. The molecular formula is C26H37N3O3S. The summed E-state index contributed by atoms with van der Waals surface area (Å²) in [5, 5.41) is 4.13. The molecule has 6 nitrogen and oxygen atoms in total. The van der Waals surface area contributed by atoms with Crippen molar-refractivity contribution in [3.05, 3.63) is 29.4 Å². The van der Waals surface area contributed by atoms with Crippen molar-refractivity contribution in [2.24, 2.45) is 11.8 Å². The second kappa shape index (κ2) is 11.9. The van der Waals surface area contributed by atoms with Crippen LogP contribution in [0.1, 0.15) is 74.4 Å². The van der Waals surface area contributed by atoms with Crippen LogP contribution in [0.15, 0.2) is 24.5 Å². The van der Waals surface area contributed by atoms with E-state index >= 15 is 0 Å². The van der Waals surface area contributed by atoms with Crippen LogP contribution in [0.5, 0.6) is 0 Å². The van der Waals surface area contributed by atoms with Crippen molar-refractivity contribution in [3.63, 3.8) is 0 Å². The first-order chi connectivity index (χ1) is 16.1. The summed E-state index contributed by atoms with van der Waals surface area (Å²) in [7, 11) is 0. The van der Waals surface area contributed by atoms with Crippen LogP contribution in [0.3, 0.4) is 0 Å². The third-order valence-electron chi connectivity index (χ3n) is 7.18. The maximum Gasteiger partial charge on any atom is 0.261 e. The molecule has 180 valence electrons. The molecule has 3 heterocycles. The molecule has 2 fully saturated rings. The summed E-state index contributed by atoms with van der Waals surface area (Å²) in [5.41, 5.74) is 0. The number of aromatic nitrogens is 1. The first-order valence-electron chi connectivity index (χ1n) is 12.7. The molecule has 0 spiro atoms. The highest BCUT2D eigenvalue weighted by Crippen LogP contribution is 2.30. The summed E-state index contributed by atoms with van der Waals surface area (Å²) >= 11 is 1.49. The van der Waals surface area contributed by atoms with Gasteiger partial charge in [-0.2, -0.15) is 0 Å². The van der Waals surface area contributed by atoms with Gasteiger partial charge in [-0.05, 0) is 68.9 Å². The fraction of sp³-hybridized carbons (Fsp3) is 0.654. The number of amides is 2. The van der Waals surface area contributed by atoms with Crippen molar-refractivity contribution in [2.75, 3.05) is 26.2 Å². The number of hydrogen-bond donors (Lipinski definition) is 1. The summed E-state index contributed by atoms with van der Waals surface area (Å²) in [6, 6.07) is 3.88. The lowest BCUT2D eigenvalue weighted by Gasteiger charge is -2.36. The molecule has 2 aromatic rings. The highest BCUT2D eigenvalue weighted by molar-refractivity contribution is 7.20. The number of pyridine rings is 1. The molecule has 2 aromatic heterocycles. The van der Waals surface area contributed by atoms with Gasteiger partial charge < -0.3 is 15.0 Å². The lowest BCUT2D eigenvalue weighted by Crippen LogP contribution is -2.43. The van der Waals surface area contributed by atoms with Crippen LogP contribution < -0.4 is 5.32 Å². The summed E-state index contributed by atoms with van der Waals surface area (Å²) in [6.07, 6.45) is 13.5. The Morgan fingerprint density at radius 2 is 2.06 bits per heavy atom. The van der Waals surface area contributed by atoms with Gasteiger partial charge in [-0.25, -0.2) is 0 Å². The molecule has 1 saturated carbocycles. The lowest BCUT2D eigenvalue weighted by molar-refractivity contribution is -0.140. The number of nitrogens with one attached hydrogen (secondary N) is 1. The molecule has 4 rings (SSSR count). The molecule has 7 heteroatoms. The average Bonchev–Trinajstić information content (AvgIpc) is 3.29. The zero-order valence-corrected chi connectivity index (χ0v) is 20.6. The fourth-order valence-electron chi connectivity index (χ4n) is 5.30. The topological polar surface area (TPSA) is 71.5 Å². The van der Waals surface area contributed by atoms with Crippen LogP contribution in [0, 0.1) is 11.8 Å². The number of fused-ring (bicyclic) bond motifs is 1. The zero-order chi connectivity index (χ0) is 23.0. The van der Waals surface area contributed by atoms with E-state index in [0.29, 0.717) is 18.4 Å². The number of ether oxygens (including phenoxy) is 1. The van der Waals surface area contributed by atoms with Crippen LogP contribution in [-0.4, -0.2) is 54.0 Å². The zero-order valence-electron chi connectivity index (χ0n) is 19.8. The van der Waals surface area contributed by atoms with Crippen molar-refractivity contribution in [1.82, 2.24) is 15.2 Å². The quantitative estimate of drug-likeness (QED) is 0.521. The Hall–Kier alpha value is -1.99. The minimum absolute atomic E-state index is 0.0114. The average molecular weight is 472 g/mol. The molecule has 1 saturated heterocycles. The van der Waals surface area contributed by atoms with Gasteiger partial charge in [0.05, 0.1) is 15.7 Å². The Labute approximate surface area is 201 Å². The molecule has 2 atom stereocenters. The van der Waals surface area contributed by atoms with Gasteiger partial charge in [0.1, 0.15) is 0 Å². The van der Waals surface area contributed by atoms with Crippen LogP contribution in [-0.2, 0) is 9.53 Å². The largest absolute Gasteiger partial charge is 0.378 e. The van der Waals surface area contributed by atoms with Crippen molar-refractivity contribution >= 4 is 33.2 Å². The van der Waals surface area contributed by atoms with E-state index in [2.05, 4.69) is 15.2 Å². The molecule has 1 N–H and O–H groups in total. The normalized spacial score (nSPS) is 21.9. The van der Waals surface area contributed by atoms with E-state index in [-0.39, 0.29) is 17.9 Å². The number of piperidine rings is 1. The SMILES string of the molecule is CCOC1CCCC(C(=O)N2CCC(CCCCNC(=O)c3cc4ccncc4s3)CC2)C1. The smallest absolute Gasteiger partial charge is 0.261 e. The molecule has 0 radical (unpaired) electrons. The van der Waals surface area contributed by atoms with Gasteiger partial charge in [0.15, 0.2) is 0 Å². The monoisotopic (exact) mass is 471 g/mol. The third kappa shape index (κ3) is 6.54. The molecule has 2 unspecified atom stereocenters. The lowest BCUT2D eigenvalue weighted by atomic mass is 9.85. The fourth-order valence-corrected chi connectivity index (χ4v) is 6.25. The number of thiophene rings is 1. The second-order valence-electron chi connectivity index (χ2n) is 9.49. The minimum Gasteiger partial charge on any atom is -0.378 e. The molecular weight excluding hydrogens is 434 g/mol. The predicted octanol–water partition coefficient (Wildman–Crippen LogP) is 5.03. The van der Waals surface area contributed by atoms with Gasteiger partial charge in [-0.15, -0.1) is 11.3 Å². The van der Waals surface area contributed by atoms with E-state index < -0.39 is 0 Å². The van der Waals surface area contributed by atoms with Crippen LogP contribution in [0.25, 0.3) is 10.1 Å². The van der Waals surface area contributed by atoms with Crippen LogP contribution >= 0.6 is 11.3 Å². The van der Waals surface area contributed by atoms with Gasteiger partial charge in [0, 0.05) is 44.6 Å². The van der Waals surface area contributed by atoms with E-state index in [1.807, 2.05) is 25.3 Å². The van der Waals surface area contributed by atoms with Crippen molar-refractivity contribution in [2.45, 2.75) is 70.8 Å². The maximum atomic E-state index is 13.0. The summed E-state index contributed by atoms with van der Waals surface area (Å²) in [5.74, 6) is 1.23. The number of carbonyl (C=O) groups is 2. The van der Waals surface area contributed by atoms with E-state index in [1.165, 1.54) is 17.8 Å². The molecule has 2 amide bonds. The third-order valence-corrected chi connectivity index (χ3v) is 8.26. The van der Waals surface area contributed by atoms with Crippen molar-refractivity contribution in [3.8, 4) is 0 Å². The van der Waals surface area contributed by atoms with Gasteiger partial charge in [-0.1, -0.05) is 19.3 Å². The van der Waals surface area contributed by atoms with E-state index in [0.717, 1.165) is 86.0 Å². The number of rotatable bonds is 9. The number of unbranched alkanes of at least 4 members (excludes halogenated alkanes) is 1. The Balaban J connectivity index is 1.10. The molecule has 2 aliphatic rings. The summed E-state index contributed by atoms with van der Waals surface area (Å²) in [6.45, 7) is 5.29. The number of nitrogens with zero attached hydrogens (tertiary/aromatic N) is 2. The first-order valence-corrected chi connectivity index (χ1v) is 13.5. The molecule has 0 aromatic carbocycles. The van der Waals surface area contributed by atoms with E-state index in [9.17, 15) is 9.59 Å². The standard InChI is InChI=1S/C26H37N3O3S/c1-2-32-22-8-5-7-21(16-22)26(31)29-14-10-19(11-15-29)6-3-4-12-28-25(30)23-17-20-9-13-27-18-24(20)33-23/h9,13,17-19,21-22H,2-8,10-12,14-16H2,1H3,(H,28,30). The predicted molar refractivity (Wildman–Crippen MR) is 132 cm³/mol. The number of hydrogen-bond acceptors (Lipinski definition) is 5. The highest BCUT2D eigenvalue weighted by atomic mass is 32.1. The minimum atomic E-state index is 0.0114.